The summed E-state index contributed by atoms with van der Waals surface area (Å²) in [6.07, 6.45) is 1.21. The van der Waals surface area contributed by atoms with E-state index < -0.39 is 0 Å². The summed E-state index contributed by atoms with van der Waals surface area (Å²) in [5.74, 6) is 0.100. The largest absolute Gasteiger partial charge is 0.507 e. The van der Waals surface area contributed by atoms with Gasteiger partial charge in [-0.2, -0.15) is 0 Å². The minimum absolute atomic E-state index is 0.0164. The Hall–Kier alpha value is -2.35. The molecule has 0 atom stereocenters. The molecule has 0 unspecified atom stereocenters. The molecule has 1 aliphatic carbocycles. The van der Waals surface area contributed by atoms with Crippen molar-refractivity contribution in [2.24, 2.45) is 0 Å². The van der Waals surface area contributed by atoms with Crippen LogP contribution >= 0.6 is 0 Å². The highest BCUT2D eigenvalue weighted by atomic mass is 16.3. The normalized spacial score (nSPS) is 16.8. The van der Waals surface area contributed by atoms with Crippen LogP contribution in [-0.2, 0) is 11.2 Å². The van der Waals surface area contributed by atoms with Crippen LogP contribution in [0.4, 0.5) is 0 Å². The molecule has 1 aliphatic rings. The summed E-state index contributed by atoms with van der Waals surface area (Å²) in [5.41, 5.74) is 4.33. The second-order valence-corrected chi connectivity index (χ2v) is 5.17. The molecule has 0 spiro atoms. The monoisotopic (exact) mass is 264 g/mol. The molecular weight excluding hydrogens is 248 g/mol. The molecule has 2 nitrogen and oxygen atoms in total. The van der Waals surface area contributed by atoms with E-state index in [4.69, 9.17) is 0 Å². The summed E-state index contributed by atoms with van der Waals surface area (Å²) < 4.78 is 0. The fourth-order valence-electron chi connectivity index (χ4n) is 2.70. The van der Waals surface area contributed by atoms with Crippen molar-refractivity contribution in [2.75, 3.05) is 0 Å². The predicted octanol–water partition coefficient (Wildman–Crippen LogP) is 3.94. The zero-order valence-electron chi connectivity index (χ0n) is 11.4. The fraction of sp³-hybridized carbons (Fsp3) is 0.167. The Morgan fingerprint density at radius 2 is 1.80 bits per heavy atom. The summed E-state index contributed by atoms with van der Waals surface area (Å²) in [5, 5.41) is 10.5. The number of rotatable bonds is 1. The average Bonchev–Trinajstić information content (AvgIpc) is 2.48. The van der Waals surface area contributed by atoms with Crippen molar-refractivity contribution in [1.82, 2.24) is 0 Å². The van der Waals surface area contributed by atoms with Gasteiger partial charge in [-0.25, -0.2) is 0 Å². The maximum absolute atomic E-state index is 12.2. The van der Waals surface area contributed by atoms with Crippen LogP contribution in [0.15, 0.2) is 48.5 Å². The SMILES string of the molecule is Cc1ccc2c(c1)CCC(=O)/C2=C(\O)c1ccccc1. The zero-order valence-corrected chi connectivity index (χ0v) is 11.4. The van der Waals surface area contributed by atoms with E-state index in [0.29, 0.717) is 17.6 Å². The maximum Gasteiger partial charge on any atom is 0.167 e. The molecule has 2 aromatic carbocycles. The van der Waals surface area contributed by atoms with Gasteiger partial charge in [-0.15, -0.1) is 0 Å². The van der Waals surface area contributed by atoms with E-state index in [1.165, 1.54) is 5.56 Å². The minimum Gasteiger partial charge on any atom is -0.507 e. The van der Waals surface area contributed by atoms with E-state index >= 15 is 0 Å². The standard InChI is InChI=1S/C18H16O2/c1-12-7-9-15-14(11-12)8-10-16(19)17(15)18(20)13-5-3-2-4-6-13/h2-7,9,11,20H,8,10H2,1H3/b18-17-. The van der Waals surface area contributed by atoms with Crippen molar-refractivity contribution in [2.45, 2.75) is 19.8 Å². The molecule has 1 N–H and O–H groups in total. The number of carbonyl (C=O) groups excluding carboxylic acids is 1. The molecule has 20 heavy (non-hydrogen) atoms. The minimum atomic E-state index is 0.0164. The summed E-state index contributed by atoms with van der Waals surface area (Å²) in [4.78, 5) is 12.2. The third kappa shape index (κ3) is 2.14. The first kappa shape index (κ1) is 12.7. The van der Waals surface area contributed by atoms with Crippen molar-refractivity contribution in [3.8, 4) is 0 Å². The molecule has 2 heteroatoms. The highest BCUT2D eigenvalue weighted by molar-refractivity contribution is 6.28. The lowest BCUT2D eigenvalue weighted by Crippen LogP contribution is -2.14. The van der Waals surface area contributed by atoms with Crippen molar-refractivity contribution < 1.29 is 9.90 Å². The predicted molar refractivity (Wildman–Crippen MR) is 80.4 cm³/mol. The number of Topliss-reactive ketones (excluding diaryl/α,β-unsaturated/α-hetero) is 1. The van der Waals surface area contributed by atoms with Crippen LogP contribution in [-0.4, -0.2) is 10.9 Å². The van der Waals surface area contributed by atoms with Gasteiger partial charge in [0.2, 0.25) is 0 Å². The molecule has 0 radical (unpaired) electrons. The quantitative estimate of drug-likeness (QED) is 0.625. The number of benzene rings is 2. The number of allylic oxidation sites excluding steroid dienone is 1. The lowest BCUT2D eigenvalue weighted by molar-refractivity contribution is -0.113. The van der Waals surface area contributed by atoms with Gasteiger partial charge in [-0.3, -0.25) is 4.79 Å². The number of aryl methyl sites for hydroxylation is 2. The molecule has 0 saturated carbocycles. The number of fused-ring (bicyclic) bond motifs is 1. The fourth-order valence-corrected chi connectivity index (χ4v) is 2.70. The zero-order chi connectivity index (χ0) is 14.1. The molecule has 0 saturated heterocycles. The van der Waals surface area contributed by atoms with Gasteiger partial charge in [-0.05, 0) is 24.5 Å². The summed E-state index contributed by atoms with van der Waals surface area (Å²) in [7, 11) is 0. The van der Waals surface area contributed by atoms with E-state index in [0.717, 1.165) is 17.5 Å². The first-order chi connectivity index (χ1) is 9.66. The Bertz CT molecular complexity index is 697. The Labute approximate surface area is 118 Å². The first-order valence-corrected chi connectivity index (χ1v) is 6.78. The van der Waals surface area contributed by atoms with Crippen LogP contribution in [0.5, 0.6) is 0 Å². The third-order valence-electron chi connectivity index (χ3n) is 3.71. The first-order valence-electron chi connectivity index (χ1n) is 6.78. The van der Waals surface area contributed by atoms with Crippen molar-refractivity contribution in [3.63, 3.8) is 0 Å². The second-order valence-electron chi connectivity index (χ2n) is 5.17. The number of ketones is 1. The second kappa shape index (κ2) is 4.97. The Morgan fingerprint density at radius 3 is 2.55 bits per heavy atom. The summed E-state index contributed by atoms with van der Waals surface area (Å²) in [6, 6.07) is 15.3. The van der Waals surface area contributed by atoms with Gasteiger partial charge in [0, 0.05) is 12.0 Å². The van der Waals surface area contributed by atoms with Crippen molar-refractivity contribution >= 4 is 17.1 Å². The maximum atomic E-state index is 12.2. The van der Waals surface area contributed by atoms with E-state index in [1.807, 2.05) is 49.4 Å². The third-order valence-corrected chi connectivity index (χ3v) is 3.71. The number of carbonyl (C=O) groups is 1. The molecule has 0 amide bonds. The van der Waals surface area contributed by atoms with Gasteiger partial charge in [0.15, 0.2) is 5.78 Å². The van der Waals surface area contributed by atoms with Crippen LogP contribution < -0.4 is 0 Å². The van der Waals surface area contributed by atoms with Gasteiger partial charge >= 0.3 is 0 Å². The van der Waals surface area contributed by atoms with Crippen LogP contribution in [0.1, 0.15) is 28.7 Å². The lowest BCUT2D eigenvalue weighted by atomic mass is 9.84. The molecule has 0 heterocycles. The Balaban J connectivity index is 2.21. The van der Waals surface area contributed by atoms with Crippen LogP contribution in [0, 0.1) is 6.92 Å². The molecule has 100 valence electrons. The smallest absolute Gasteiger partial charge is 0.167 e. The van der Waals surface area contributed by atoms with Crippen molar-refractivity contribution in [1.29, 1.82) is 0 Å². The molecule has 0 bridgehead atoms. The highest BCUT2D eigenvalue weighted by Gasteiger charge is 2.25. The molecule has 0 fully saturated rings. The molecule has 0 aromatic heterocycles. The number of hydrogen-bond acceptors (Lipinski definition) is 2. The van der Waals surface area contributed by atoms with Gasteiger partial charge in [0.1, 0.15) is 5.76 Å². The van der Waals surface area contributed by atoms with Gasteiger partial charge in [-0.1, -0.05) is 54.1 Å². The van der Waals surface area contributed by atoms with Crippen LogP contribution in [0.3, 0.4) is 0 Å². The average molecular weight is 264 g/mol. The molecule has 2 aromatic rings. The van der Waals surface area contributed by atoms with Gasteiger partial charge in [0.25, 0.3) is 0 Å². The summed E-state index contributed by atoms with van der Waals surface area (Å²) in [6.45, 7) is 2.04. The number of aliphatic hydroxyl groups is 1. The number of hydrogen-bond donors (Lipinski definition) is 1. The molecular formula is C18H16O2. The van der Waals surface area contributed by atoms with Crippen molar-refractivity contribution in [3.05, 3.63) is 70.8 Å². The van der Waals surface area contributed by atoms with E-state index in [9.17, 15) is 9.90 Å². The van der Waals surface area contributed by atoms with Gasteiger partial charge < -0.3 is 5.11 Å². The topological polar surface area (TPSA) is 37.3 Å². The number of aliphatic hydroxyl groups excluding tert-OH is 1. The van der Waals surface area contributed by atoms with Gasteiger partial charge in [0.05, 0.1) is 5.57 Å². The van der Waals surface area contributed by atoms with E-state index in [2.05, 4.69) is 6.07 Å². The summed E-state index contributed by atoms with van der Waals surface area (Å²) >= 11 is 0. The Kier molecular flexibility index (Phi) is 3.15. The highest BCUT2D eigenvalue weighted by Crippen LogP contribution is 2.33. The van der Waals surface area contributed by atoms with Crippen LogP contribution in [0.2, 0.25) is 0 Å². The Morgan fingerprint density at radius 1 is 1.05 bits per heavy atom. The lowest BCUT2D eigenvalue weighted by Gasteiger charge is -2.20. The van der Waals surface area contributed by atoms with E-state index in [-0.39, 0.29) is 11.5 Å². The van der Waals surface area contributed by atoms with Crippen LogP contribution in [0.25, 0.3) is 11.3 Å². The van der Waals surface area contributed by atoms with E-state index in [1.54, 1.807) is 0 Å². The molecule has 3 rings (SSSR count). The molecule has 0 aliphatic heterocycles.